The molecule has 0 fully saturated rings. The third kappa shape index (κ3) is 3.55. The Hall–Kier alpha value is -1.47. The molecule has 20 heavy (non-hydrogen) atoms. The van der Waals surface area contributed by atoms with Gasteiger partial charge in [-0.25, -0.2) is 17.9 Å². The van der Waals surface area contributed by atoms with E-state index in [1.807, 2.05) is 6.92 Å². The van der Waals surface area contributed by atoms with Crippen LogP contribution in [0.1, 0.15) is 36.2 Å². The summed E-state index contributed by atoms with van der Waals surface area (Å²) in [5, 5.41) is 5.07. The van der Waals surface area contributed by atoms with E-state index in [0.29, 0.717) is 13.1 Å². The molecule has 1 aromatic rings. The largest absolute Gasteiger partial charge is 0.339 e. The molecule has 0 radical (unpaired) electrons. The highest BCUT2D eigenvalue weighted by molar-refractivity contribution is 7.89. The van der Waals surface area contributed by atoms with Crippen molar-refractivity contribution in [3.8, 4) is 0 Å². The highest BCUT2D eigenvalue weighted by Gasteiger charge is 2.22. The van der Waals surface area contributed by atoms with Gasteiger partial charge in [0.15, 0.2) is 0 Å². The minimum atomic E-state index is -3.99. The number of aryl methyl sites for hydroxylation is 1. The number of carbonyl (C=O) groups is 1. The van der Waals surface area contributed by atoms with E-state index in [0.717, 1.165) is 18.6 Å². The van der Waals surface area contributed by atoms with E-state index >= 15 is 0 Å². The van der Waals surface area contributed by atoms with E-state index in [1.165, 1.54) is 11.8 Å². The summed E-state index contributed by atoms with van der Waals surface area (Å²) in [5.74, 6) is -1.27. The molecule has 0 aromatic heterocycles. The molecule has 0 bridgehead atoms. The van der Waals surface area contributed by atoms with Crippen LogP contribution in [0, 0.1) is 12.7 Å². The Kier molecular flexibility index (Phi) is 5.24. The minimum absolute atomic E-state index is 0.181. The second kappa shape index (κ2) is 6.32. The highest BCUT2D eigenvalue weighted by Crippen LogP contribution is 2.20. The van der Waals surface area contributed by atoms with E-state index in [2.05, 4.69) is 0 Å². The fourth-order valence-corrected chi connectivity index (χ4v) is 2.76. The number of nitrogens with two attached hydrogens (primary N) is 1. The third-order valence-electron chi connectivity index (χ3n) is 2.96. The van der Waals surface area contributed by atoms with Crippen LogP contribution in [0.2, 0.25) is 0 Å². The quantitative estimate of drug-likeness (QED) is 0.898. The molecule has 0 spiro atoms. The molecule has 0 saturated carbocycles. The summed E-state index contributed by atoms with van der Waals surface area (Å²) in [6, 6.07) is 2.04. The van der Waals surface area contributed by atoms with E-state index in [1.54, 1.807) is 6.92 Å². The molecule has 0 atom stereocenters. The number of sulfonamides is 1. The Bertz CT molecular complexity index is 614. The van der Waals surface area contributed by atoms with Crippen molar-refractivity contribution in [2.75, 3.05) is 13.1 Å². The summed E-state index contributed by atoms with van der Waals surface area (Å²) in [7, 11) is -3.99. The number of hydrogen-bond donors (Lipinski definition) is 1. The van der Waals surface area contributed by atoms with Crippen LogP contribution >= 0.6 is 0 Å². The van der Waals surface area contributed by atoms with Crippen molar-refractivity contribution in [3.05, 3.63) is 29.1 Å². The smallest absolute Gasteiger partial charge is 0.256 e. The maximum atomic E-state index is 13.9. The van der Waals surface area contributed by atoms with Crippen LogP contribution in [-0.2, 0) is 10.0 Å². The highest BCUT2D eigenvalue weighted by atomic mass is 32.2. The van der Waals surface area contributed by atoms with Crippen molar-refractivity contribution in [1.82, 2.24) is 4.90 Å². The lowest BCUT2D eigenvalue weighted by Gasteiger charge is -2.21. The standard InChI is InChI=1S/C13H19FN2O3S/c1-4-6-16(5-2)13(17)10-8-12(20(15,18)19)9(3)7-11(10)14/h7-8H,4-6H2,1-3H3,(H2,15,18,19). The molecule has 5 nitrogen and oxygen atoms in total. The lowest BCUT2D eigenvalue weighted by atomic mass is 10.1. The molecule has 1 amide bonds. The van der Waals surface area contributed by atoms with E-state index in [-0.39, 0.29) is 16.0 Å². The number of amides is 1. The van der Waals surface area contributed by atoms with Crippen molar-refractivity contribution in [3.63, 3.8) is 0 Å². The number of rotatable bonds is 5. The average molecular weight is 302 g/mol. The van der Waals surface area contributed by atoms with Crippen LogP contribution < -0.4 is 5.14 Å². The van der Waals surface area contributed by atoms with Gasteiger partial charge in [-0.1, -0.05) is 6.92 Å². The average Bonchev–Trinajstić information content (AvgIpc) is 2.33. The van der Waals surface area contributed by atoms with Gasteiger partial charge in [0.05, 0.1) is 10.5 Å². The molecule has 112 valence electrons. The van der Waals surface area contributed by atoms with Crippen molar-refractivity contribution in [2.24, 2.45) is 5.14 Å². The number of primary sulfonamides is 1. The Morgan fingerprint density at radius 1 is 1.35 bits per heavy atom. The molecule has 1 aromatic carbocycles. The van der Waals surface area contributed by atoms with Crippen molar-refractivity contribution in [1.29, 1.82) is 0 Å². The summed E-state index contributed by atoms with van der Waals surface area (Å²) in [5.41, 5.74) is -0.0879. The first-order valence-electron chi connectivity index (χ1n) is 6.34. The van der Waals surface area contributed by atoms with Gasteiger partial charge < -0.3 is 4.90 Å². The molecule has 7 heteroatoms. The van der Waals surface area contributed by atoms with Crippen LogP contribution in [0.3, 0.4) is 0 Å². The van der Waals surface area contributed by atoms with Crippen molar-refractivity contribution >= 4 is 15.9 Å². The van der Waals surface area contributed by atoms with Gasteiger partial charge in [-0.15, -0.1) is 0 Å². The number of halogens is 1. The molecular weight excluding hydrogens is 283 g/mol. The lowest BCUT2D eigenvalue weighted by molar-refractivity contribution is 0.0759. The van der Waals surface area contributed by atoms with Gasteiger partial charge >= 0.3 is 0 Å². The molecular formula is C13H19FN2O3S. The number of carbonyl (C=O) groups excluding carboxylic acids is 1. The maximum Gasteiger partial charge on any atom is 0.256 e. The first-order chi connectivity index (χ1) is 9.22. The predicted octanol–water partition coefficient (Wildman–Crippen LogP) is 1.65. The Labute approximate surface area is 118 Å². The van der Waals surface area contributed by atoms with Gasteiger partial charge in [0.1, 0.15) is 5.82 Å². The SMILES string of the molecule is CCCN(CC)C(=O)c1cc(S(N)(=O)=O)c(C)cc1F. The molecule has 0 heterocycles. The number of hydrogen-bond acceptors (Lipinski definition) is 3. The molecule has 0 aliphatic carbocycles. The lowest BCUT2D eigenvalue weighted by Crippen LogP contribution is -2.32. The molecule has 1 rings (SSSR count). The van der Waals surface area contributed by atoms with Crippen LogP contribution in [-0.4, -0.2) is 32.3 Å². The fourth-order valence-electron chi connectivity index (χ4n) is 1.97. The van der Waals surface area contributed by atoms with E-state index < -0.39 is 21.7 Å². The fraction of sp³-hybridized carbons (Fsp3) is 0.462. The summed E-state index contributed by atoms with van der Waals surface area (Å²) >= 11 is 0. The van der Waals surface area contributed by atoms with Crippen LogP contribution in [0.15, 0.2) is 17.0 Å². The first-order valence-corrected chi connectivity index (χ1v) is 7.89. The van der Waals surface area contributed by atoms with Gasteiger partial charge in [0, 0.05) is 13.1 Å². The van der Waals surface area contributed by atoms with E-state index in [9.17, 15) is 17.6 Å². The maximum absolute atomic E-state index is 13.9. The van der Waals surface area contributed by atoms with E-state index in [4.69, 9.17) is 5.14 Å². The zero-order valence-corrected chi connectivity index (χ0v) is 12.6. The molecule has 0 unspecified atom stereocenters. The zero-order valence-electron chi connectivity index (χ0n) is 11.8. The zero-order chi connectivity index (χ0) is 15.5. The second-order valence-corrected chi connectivity index (χ2v) is 6.06. The van der Waals surface area contributed by atoms with Gasteiger partial charge in [-0.3, -0.25) is 4.79 Å². The summed E-state index contributed by atoms with van der Waals surface area (Å²) in [6.07, 6.45) is 0.731. The van der Waals surface area contributed by atoms with Crippen LogP contribution in [0.4, 0.5) is 4.39 Å². The molecule has 0 saturated heterocycles. The molecule has 0 aliphatic rings. The normalized spacial score (nSPS) is 11.4. The third-order valence-corrected chi connectivity index (χ3v) is 4.02. The van der Waals surface area contributed by atoms with Gasteiger partial charge in [0.2, 0.25) is 10.0 Å². The molecule has 0 aliphatic heterocycles. The summed E-state index contributed by atoms with van der Waals surface area (Å²) in [6.45, 7) is 6.01. The van der Waals surface area contributed by atoms with Crippen molar-refractivity contribution in [2.45, 2.75) is 32.1 Å². The van der Waals surface area contributed by atoms with Crippen LogP contribution in [0.5, 0.6) is 0 Å². The topological polar surface area (TPSA) is 80.5 Å². The summed E-state index contributed by atoms with van der Waals surface area (Å²) in [4.78, 5) is 13.5. The van der Waals surface area contributed by atoms with Gasteiger partial charge in [0.25, 0.3) is 5.91 Å². The first kappa shape index (κ1) is 16.6. The Morgan fingerprint density at radius 2 is 1.95 bits per heavy atom. The van der Waals surface area contributed by atoms with Crippen LogP contribution in [0.25, 0.3) is 0 Å². The van der Waals surface area contributed by atoms with Gasteiger partial charge in [-0.2, -0.15) is 0 Å². The minimum Gasteiger partial charge on any atom is -0.339 e. The monoisotopic (exact) mass is 302 g/mol. The van der Waals surface area contributed by atoms with Crippen molar-refractivity contribution < 1.29 is 17.6 Å². The Balaban J connectivity index is 3.35. The molecule has 2 N–H and O–H groups in total. The van der Waals surface area contributed by atoms with Gasteiger partial charge in [-0.05, 0) is 38.0 Å². The Morgan fingerprint density at radius 3 is 2.40 bits per heavy atom. The number of nitrogens with zero attached hydrogens (tertiary/aromatic N) is 1. The second-order valence-electron chi connectivity index (χ2n) is 4.53. The predicted molar refractivity (Wildman–Crippen MR) is 74.4 cm³/mol. The number of benzene rings is 1. The summed E-state index contributed by atoms with van der Waals surface area (Å²) < 4.78 is 36.8.